The zero-order valence-corrected chi connectivity index (χ0v) is 19.5. The van der Waals surface area contributed by atoms with Gasteiger partial charge in [-0.25, -0.2) is 0 Å². The zero-order valence-electron chi connectivity index (χ0n) is 19.5. The Morgan fingerprint density at radius 3 is 2.64 bits per heavy atom. The summed E-state index contributed by atoms with van der Waals surface area (Å²) in [6.07, 6.45) is 1.63. The molecule has 0 aliphatic carbocycles. The highest BCUT2D eigenvalue weighted by Crippen LogP contribution is 2.30. The number of benzene rings is 2. The number of nitrogens with zero attached hydrogens (tertiary/aromatic N) is 4. The molecule has 0 spiro atoms. The minimum absolute atomic E-state index is 0.184. The molecule has 0 radical (unpaired) electrons. The van der Waals surface area contributed by atoms with Crippen molar-refractivity contribution >= 4 is 22.5 Å². The van der Waals surface area contributed by atoms with Gasteiger partial charge >= 0.3 is 0 Å². The molecule has 0 saturated carbocycles. The fourth-order valence-electron chi connectivity index (χ4n) is 3.84. The summed E-state index contributed by atoms with van der Waals surface area (Å²) in [6.45, 7) is -0.210. The van der Waals surface area contributed by atoms with E-state index in [-0.39, 0.29) is 12.4 Å². The van der Waals surface area contributed by atoms with Gasteiger partial charge in [-0.05, 0) is 30.3 Å². The standard InChI is InChI=1S/C26H21N5O5/c1-34-16-10-11-19(22(13-16)35-2)28-23(32)15-31-21-9-4-3-7-17(21)18(14-24(31)33)26-29-25(30-36-26)20-8-5-6-12-27-20/h3-14H,15H2,1-2H3,(H,28,32). The topological polar surface area (TPSA) is 121 Å². The number of nitrogens with one attached hydrogen (secondary N) is 1. The van der Waals surface area contributed by atoms with Gasteiger partial charge in [0.1, 0.15) is 23.7 Å². The van der Waals surface area contributed by atoms with E-state index in [4.69, 9.17) is 14.0 Å². The predicted molar refractivity (Wildman–Crippen MR) is 133 cm³/mol. The second-order valence-electron chi connectivity index (χ2n) is 7.75. The third kappa shape index (κ3) is 4.39. The summed E-state index contributed by atoms with van der Waals surface area (Å²) in [7, 11) is 3.04. The number of carbonyl (C=O) groups excluding carboxylic acids is 1. The smallest absolute Gasteiger partial charge is 0.259 e. The highest BCUT2D eigenvalue weighted by Gasteiger charge is 2.18. The number of hydrogen-bond donors (Lipinski definition) is 1. The van der Waals surface area contributed by atoms with E-state index >= 15 is 0 Å². The van der Waals surface area contributed by atoms with Gasteiger partial charge < -0.3 is 19.3 Å². The summed E-state index contributed by atoms with van der Waals surface area (Å²) < 4.78 is 17.4. The fourth-order valence-corrected chi connectivity index (χ4v) is 3.84. The summed E-state index contributed by atoms with van der Waals surface area (Å²) in [5.74, 6) is 1.13. The maximum Gasteiger partial charge on any atom is 0.259 e. The number of amides is 1. The number of aromatic nitrogens is 4. The lowest BCUT2D eigenvalue weighted by Crippen LogP contribution is -2.28. The normalized spacial score (nSPS) is 10.8. The van der Waals surface area contributed by atoms with E-state index in [2.05, 4.69) is 20.4 Å². The van der Waals surface area contributed by atoms with Crippen LogP contribution in [0.15, 0.2) is 82.2 Å². The van der Waals surface area contributed by atoms with Gasteiger partial charge in [-0.2, -0.15) is 4.98 Å². The Balaban J connectivity index is 1.48. The first-order valence-electron chi connectivity index (χ1n) is 11.0. The average molecular weight is 483 g/mol. The summed E-state index contributed by atoms with van der Waals surface area (Å²) >= 11 is 0. The van der Waals surface area contributed by atoms with Crippen LogP contribution in [0.2, 0.25) is 0 Å². The fraction of sp³-hybridized carbons (Fsp3) is 0.115. The van der Waals surface area contributed by atoms with Crippen molar-refractivity contribution in [1.29, 1.82) is 0 Å². The maximum atomic E-state index is 13.1. The molecule has 3 heterocycles. The minimum atomic E-state index is -0.395. The van der Waals surface area contributed by atoms with Crippen LogP contribution in [0.5, 0.6) is 11.5 Å². The minimum Gasteiger partial charge on any atom is -0.497 e. The van der Waals surface area contributed by atoms with E-state index < -0.39 is 11.5 Å². The van der Waals surface area contributed by atoms with E-state index in [0.717, 1.165) is 0 Å². The Morgan fingerprint density at radius 2 is 1.86 bits per heavy atom. The molecule has 0 fully saturated rings. The van der Waals surface area contributed by atoms with Gasteiger partial charge in [0.15, 0.2) is 0 Å². The quantitative estimate of drug-likeness (QED) is 0.371. The largest absolute Gasteiger partial charge is 0.497 e. The Kier molecular flexibility index (Phi) is 6.14. The first-order valence-corrected chi connectivity index (χ1v) is 11.0. The first kappa shape index (κ1) is 22.8. The van der Waals surface area contributed by atoms with Gasteiger partial charge in [0.2, 0.25) is 11.7 Å². The molecular weight excluding hydrogens is 462 g/mol. The van der Waals surface area contributed by atoms with Gasteiger partial charge in [0, 0.05) is 23.7 Å². The number of methoxy groups -OCH3 is 2. The Bertz CT molecular complexity index is 1610. The van der Waals surface area contributed by atoms with Crippen LogP contribution in [0.3, 0.4) is 0 Å². The van der Waals surface area contributed by atoms with Crippen LogP contribution in [0, 0.1) is 0 Å². The third-order valence-corrected chi connectivity index (χ3v) is 5.55. The van der Waals surface area contributed by atoms with Crippen LogP contribution in [0.25, 0.3) is 33.9 Å². The summed E-state index contributed by atoms with van der Waals surface area (Å²) in [5.41, 5.74) is 1.65. The summed E-state index contributed by atoms with van der Waals surface area (Å²) in [6, 6.07) is 19.0. The summed E-state index contributed by atoms with van der Waals surface area (Å²) in [5, 5.41) is 7.48. The molecule has 0 bridgehead atoms. The van der Waals surface area contributed by atoms with E-state index in [1.165, 1.54) is 17.7 Å². The summed E-state index contributed by atoms with van der Waals surface area (Å²) in [4.78, 5) is 34.7. The Labute approximate surface area is 205 Å². The van der Waals surface area contributed by atoms with Crippen LogP contribution in [-0.4, -0.2) is 39.8 Å². The number of hydrogen-bond acceptors (Lipinski definition) is 8. The number of rotatable bonds is 7. The van der Waals surface area contributed by atoms with Gasteiger partial charge in [-0.3, -0.25) is 19.1 Å². The van der Waals surface area contributed by atoms with Crippen molar-refractivity contribution in [1.82, 2.24) is 19.7 Å². The molecule has 5 rings (SSSR count). The second-order valence-corrected chi connectivity index (χ2v) is 7.75. The molecule has 36 heavy (non-hydrogen) atoms. The van der Waals surface area contributed by atoms with Crippen molar-refractivity contribution in [2.75, 3.05) is 19.5 Å². The number of carbonyl (C=O) groups is 1. The lowest BCUT2D eigenvalue weighted by atomic mass is 10.1. The van der Waals surface area contributed by atoms with E-state index in [1.807, 2.05) is 18.2 Å². The van der Waals surface area contributed by atoms with Crippen molar-refractivity contribution in [2.45, 2.75) is 6.54 Å². The number of fused-ring (bicyclic) bond motifs is 1. The van der Waals surface area contributed by atoms with Crippen LogP contribution < -0.4 is 20.3 Å². The van der Waals surface area contributed by atoms with Gasteiger partial charge in [-0.15, -0.1) is 0 Å². The monoisotopic (exact) mass is 483 g/mol. The van der Waals surface area contributed by atoms with Crippen molar-refractivity contribution in [3.8, 4) is 34.5 Å². The van der Waals surface area contributed by atoms with Crippen molar-refractivity contribution in [3.63, 3.8) is 0 Å². The number of para-hydroxylation sites is 1. The van der Waals surface area contributed by atoms with Gasteiger partial charge in [0.05, 0.1) is 31.0 Å². The first-order chi connectivity index (χ1) is 17.6. The number of ether oxygens (including phenoxy) is 2. The van der Waals surface area contributed by atoms with E-state index in [9.17, 15) is 9.59 Å². The molecule has 1 N–H and O–H groups in total. The zero-order chi connectivity index (χ0) is 25.1. The van der Waals surface area contributed by atoms with Gasteiger partial charge in [-0.1, -0.05) is 29.4 Å². The molecule has 1 amide bonds. The number of anilines is 1. The average Bonchev–Trinajstić information content (AvgIpc) is 3.41. The lowest BCUT2D eigenvalue weighted by molar-refractivity contribution is -0.116. The van der Waals surface area contributed by atoms with Crippen LogP contribution >= 0.6 is 0 Å². The predicted octanol–water partition coefficient (Wildman–Crippen LogP) is 3.77. The highest BCUT2D eigenvalue weighted by molar-refractivity contribution is 5.96. The number of pyridine rings is 2. The molecule has 10 heteroatoms. The molecular formula is C26H21N5O5. The van der Waals surface area contributed by atoms with Crippen LogP contribution in [0.4, 0.5) is 5.69 Å². The second kappa shape index (κ2) is 9.71. The van der Waals surface area contributed by atoms with Crippen LogP contribution in [0.1, 0.15) is 0 Å². The molecule has 3 aromatic heterocycles. The SMILES string of the molecule is COc1ccc(NC(=O)Cn2c(=O)cc(-c3nc(-c4ccccn4)no3)c3ccccc32)c(OC)c1. The van der Waals surface area contributed by atoms with Crippen molar-refractivity contribution in [3.05, 3.63) is 83.3 Å². The molecule has 0 unspecified atom stereocenters. The molecule has 0 aliphatic rings. The van der Waals surface area contributed by atoms with Gasteiger partial charge in [0.25, 0.3) is 11.4 Å². The van der Waals surface area contributed by atoms with Crippen molar-refractivity contribution in [2.24, 2.45) is 0 Å². The maximum absolute atomic E-state index is 13.1. The molecule has 0 saturated heterocycles. The Morgan fingerprint density at radius 1 is 1.03 bits per heavy atom. The molecule has 2 aromatic carbocycles. The lowest BCUT2D eigenvalue weighted by Gasteiger charge is -2.14. The molecule has 5 aromatic rings. The van der Waals surface area contributed by atoms with E-state index in [1.54, 1.807) is 55.8 Å². The third-order valence-electron chi connectivity index (χ3n) is 5.55. The van der Waals surface area contributed by atoms with E-state index in [0.29, 0.717) is 45.2 Å². The molecule has 0 atom stereocenters. The Hall–Kier alpha value is -4.99. The van der Waals surface area contributed by atoms with Crippen LogP contribution in [-0.2, 0) is 11.3 Å². The highest BCUT2D eigenvalue weighted by atomic mass is 16.5. The molecule has 10 nitrogen and oxygen atoms in total. The van der Waals surface area contributed by atoms with Crippen molar-refractivity contribution < 1.29 is 18.8 Å². The molecule has 0 aliphatic heterocycles. The molecule has 180 valence electrons.